The van der Waals surface area contributed by atoms with Crippen molar-refractivity contribution in [3.63, 3.8) is 0 Å². The summed E-state index contributed by atoms with van der Waals surface area (Å²) in [7, 11) is 0. The van der Waals surface area contributed by atoms with Crippen LogP contribution in [0.4, 0.5) is 4.39 Å². The fourth-order valence-electron chi connectivity index (χ4n) is 4.34. The zero-order valence-electron chi connectivity index (χ0n) is 16.3. The number of benzene rings is 1. The number of phenols is 1. The Morgan fingerprint density at radius 2 is 1.97 bits per heavy atom. The van der Waals surface area contributed by atoms with Gasteiger partial charge in [0.25, 0.3) is 0 Å². The van der Waals surface area contributed by atoms with Gasteiger partial charge in [-0.3, -0.25) is 0 Å². The third-order valence-electron chi connectivity index (χ3n) is 5.88. The molecule has 8 heteroatoms. The van der Waals surface area contributed by atoms with Crippen LogP contribution in [0, 0.1) is 0 Å². The summed E-state index contributed by atoms with van der Waals surface area (Å²) in [6.07, 6.45) is 5.25. The second-order valence-corrected chi connectivity index (χ2v) is 7.86. The number of aromatic nitrogens is 4. The number of hydrogen-bond donors (Lipinski definition) is 2. The smallest absolute Gasteiger partial charge is 0.233 e. The summed E-state index contributed by atoms with van der Waals surface area (Å²) >= 11 is 0. The average molecular weight is 407 g/mol. The maximum absolute atomic E-state index is 14.7. The lowest BCUT2D eigenvalue weighted by molar-refractivity contribution is 0.00652. The van der Waals surface area contributed by atoms with Crippen molar-refractivity contribution in [2.45, 2.75) is 50.0 Å². The molecule has 0 spiro atoms. The molecule has 4 atom stereocenters. The number of fused-ring (bicyclic) bond motifs is 2. The zero-order valence-corrected chi connectivity index (χ0v) is 16.3. The number of nitrogens with one attached hydrogen (secondary N) is 1. The maximum atomic E-state index is 14.7. The third kappa shape index (κ3) is 3.70. The van der Waals surface area contributed by atoms with E-state index in [9.17, 15) is 9.50 Å². The second-order valence-electron chi connectivity index (χ2n) is 7.86. The van der Waals surface area contributed by atoms with Gasteiger partial charge in [0.05, 0.1) is 18.1 Å². The van der Waals surface area contributed by atoms with Crippen molar-refractivity contribution in [1.82, 2.24) is 25.7 Å². The Morgan fingerprint density at radius 1 is 1.03 bits per heavy atom. The van der Waals surface area contributed by atoms with E-state index < -0.39 is 12.3 Å². The van der Waals surface area contributed by atoms with Crippen LogP contribution in [0.5, 0.6) is 11.6 Å². The molecule has 0 radical (unpaired) electrons. The van der Waals surface area contributed by atoms with Gasteiger partial charge in [-0.15, -0.1) is 10.2 Å². The molecule has 2 aliphatic heterocycles. The van der Waals surface area contributed by atoms with Crippen molar-refractivity contribution in [3.05, 3.63) is 48.8 Å². The topological polar surface area (TPSA) is 93.1 Å². The van der Waals surface area contributed by atoms with Crippen LogP contribution in [-0.4, -0.2) is 49.9 Å². The molecule has 0 unspecified atom stereocenters. The molecular weight excluding hydrogens is 385 g/mol. The minimum absolute atomic E-state index is 0.0854. The summed E-state index contributed by atoms with van der Waals surface area (Å²) in [6.45, 7) is 0. The number of nitrogens with zero attached hydrogens (tertiary/aromatic N) is 4. The molecule has 4 heterocycles. The van der Waals surface area contributed by atoms with Crippen LogP contribution < -0.4 is 10.1 Å². The highest BCUT2D eigenvalue weighted by Gasteiger charge is 2.41. The molecule has 2 saturated heterocycles. The number of hydrogen-bond acceptors (Lipinski definition) is 7. The van der Waals surface area contributed by atoms with Crippen LogP contribution in [0.25, 0.3) is 22.4 Å². The predicted octanol–water partition coefficient (Wildman–Crippen LogP) is 3.31. The van der Waals surface area contributed by atoms with Crippen molar-refractivity contribution in [2.24, 2.45) is 0 Å². The number of halogens is 1. The fraction of sp³-hybridized carbons (Fsp3) is 0.364. The van der Waals surface area contributed by atoms with Crippen LogP contribution >= 0.6 is 0 Å². The van der Waals surface area contributed by atoms with Gasteiger partial charge in [-0.1, -0.05) is 12.5 Å². The van der Waals surface area contributed by atoms with Crippen molar-refractivity contribution < 1.29 is 14.2 Å². The first-order chi connectivity index (χ1) is 14.7. The van der Waals surface area contributed by atoms with Crippen LogP contribution in [-0.2, 0) is 0 Å². The summed E-state index contributed by atoms with van der Waals surface area (Å²) < 4.78 is 20.5. The molecule has 0 amide bonds. The fourth-order valence-corrected chi connectivity index (χ4v) is 4.34. The van der Waals surface area contributed by atoms with Gasteiger partial charge in [0.2, 0.25) is 5.88 Å². The molecular formula is C22H22FN5O2. The van der Waals surface area contributed by atoms with Gasteiger partial charge in [0.15, 0.2) is 6.17 Å². The number of phenolic OH excluding ortho intramolecular Hbond substituents is 1. The molecule has 2 aliphatic rings. The lowest BCUT2D eigenvalue weighted by Crippen LogP contribution is -2.59. The molecule has 2 bridgehead atoms. The standard InChI is InChI=1S/C22H22FN5O2/c23-22-18-3-1-2-15(26-18)11-20(22)30-21-7-6-17(27-28-21)16-5-4-13(10-19(16)29)14-8-9-24-25-12-14/h4-10,12,15,18,20,22,26,29H,1-3,11H2/t15-,18+,20-,22+/m0/s1. The summed E-state index contributed by atoms with van der Waals surface area (Å²) in [6, 6.07) is 10.7. The van der Waals surface area contributed by atoms with Gasteiger partial charge in [-0.25, -0.2) is 4.39 Å². The van der Waals surface area contributed by atoms with Crippen LogP contribution in [0.15, 0.2) is 48.8 Å². The number of piperidine rings is 2. The minimum atomic E-state index is -1.05. The van der Waals surface area contributed by atoms with E-state index >= 15 is 0 Å². The summed E-state index contributed by atoms with van der Waals surface area (Å²) in [4.78, 5) is 0. The first-order valence-corrected chi connectivity index (χ1v) is 10.2. The first kappa shape index (κ1) is 18.9. The van der Waals surface area contributed by atoms with E-state index in [1.165, 1.54) is 0 Å². The Morgan fingerprint density at radius 3 is 2.73 bits per heavy atom. The normalized spacial score (nSPS) is 25.6. The lowest BCUT2D eigenvalue weighted by Gasteiger charge is -2.42. The monoisotopic (exact) mass is 407 g/mol. The Kier molecular flexibility index (Phi) is 5.00. The Labute approximate surface area is 173 Å². The third-order valence-corrected chi connectivity index (χ3v) is 5.88. The number of aromatic hydroxyl groups is 1. The Bertz CT molecular complexity index is 1020. The Balaban J connectivity index is 1.31. The zero-order chi connectivity index (χ0) is 20.5. The van der Waals surface area contributed by atoms with Crippen LogP contribution in [0.3, 0.4) is 0 Å². The van der Waals surface area contributed by atoms with Gasteiger partial charge in [-0.05, 0) is 42.7 Å². The van der Waals surface area contributed by atoms with Crippen LogP contribution in [0.2, 0.25) is 0 Å². The highest BCUT2D eigenvalue weighted by molar-refractivity contribution is 5.73. The second kappa shape index (κ2) is 7.95. The van der Waals surface area contributed by atoms with Gasteiger partial charge in [0.1, 0.15) is 11.9 Å². The summed E-state index contributed by atoms with van der Waals surface area (Å²) in [5.74, 6) is 0.382. The van der Waals surface area contributed by atoms with Crippen molar-refractivity contribution in [2.75, 3.05) is 0 Å². The highest BCUT2D eigenvalue weighted by Crippen LogP contribution is 2.33. The molecule has 7 nitrogen and oxygen atoms in total. The van der Waals surface area contributed by atoms with Gasteiger partial charge in [0, 0.05) is 35.7 Å². The molecule has 0 saturated carbocycles. The van der Waals surface area contributed by atoms with E-state index in [4.69, 9.17) is 4.74 Å². The molecule has 1 aromatic carbocycles. The molecule has 3 aromatic rings. The molecule has 30 heavy (non-hydrogen) atoms. The SMILES string of the molecule is Oc1cc(-c2ccnnc2)ccc1-c1ccc(O[C@H]2C[C@@H]3CCC[C@@H](N3)[C@H]2F)nn1. The van der Waals surface area contributed by atoms with Gasteiger partial charge < -0.3 is 15.2 Å². The number of rotatable bonds is 4. The predicted molar refractivity (Wildman–Crippen MR) is 109 cm³/mol. The lowest BCUT2D eigenvalue weighted by atomic mass is 9.84. The molecule has 5 rings (SSSR count). The van der Waals surface area contributed by atoms with Crippen LogP contribution in [0.1, 0.15) is 25.7 Å². The summed E-state index contributed by atoms with van der Waals surface area (Å²) in [5, 5.41) is 29.7. The van der Waals surface area contributed by atoms with Gasteiger partial charge >= 0.3 is 0 Å². The van der Waals surface area contributed by atoms with E-state index in [1.807, 2.05) is 12.1 Å². The van der Waals surface area contributed by atoms with Crippen molar-refractivity contribution in [3.8, 4) is 34.0 Å². The molecule has 2 aromatic heterocycles. The molecule has 154 valence electrons. The van der Waals surface area contributed by atoms with E-state index in [2.05, 4.69) is 25.7 Å². The first-order valence-electron chi connectivity index (χ1n) is 10.2. The Hall–Kier alpha value is -3.13. The summed E-state index contributed by atoms with van der Waals surface area (Å²) in [5.41, 5.74) is 2.75. The minimum Gasteiger partial charge on any atom is -0.507 e. The maximum Gasteiger partial charge on any atom is 0.233 e. The van der Waals surface area contributed by atoms with E-state index in [-0.39, 0.29) is 11.8 Å². The molecule has 2 fully saturated rings. The van der Waals surface area contributed by atoms with E-state index in [1.54, 1.807) is 36.7 Å². The average Bonchev–Trinajstić information content (AvgIpc) is 2.79. The largest absolute Gasteiger partial charge is 0.507 e. The van der Waals surface area contributed by atoms with Gasteiger partial charge in [-0.2, -0.15) is 10.2 Å². The molecule has 0 aliphatic carbocycles. The van der Waals surface area contributed by atoms with E-state index in [0.29, 0.717) is 29.6 Å². The van der Waals surface area contributed by atoms with E-state index in [0.717, 1.165) is 30.4 Å². The molecule has 2 N–H and O–H groups in total. The number of alkyl halides is 1. The van der Waals surface area contributed by atoms with Crippen molar-refractivity contribution in [1.29, 1.82) is 0 Å². The highest BCUT2D eigenvalue weighted by atomic mass is 19.1. The number of ether oxygens (including phenoxy) is 1. The quantitative estimate of drug-likeness (QED) is 0.685. The van der Waals surface area contributed by atoms with Crippen molar-refractivity contribution >= 4 is 0 Å².